The Morgan fingerprint density at radius 1 is 1.22 bits per heavy atom. The normalized spacial score (nSPS) is 25.4. The van der Waals surface area contributed by atoms with Gasteiger partial charge in [0, 0.05) is 18.3 Å². The van der Waals surface area contributed by atoms with E-state index in [-0.39, 0.29) is 0 Å². The minimum absolute atomic E-state index is 0.528. The van der Waals surface area contributed by atoms with Crippen molar-refractivity contribution in [3.8, 4) is 0 Å². The van der Waals surface area contributed by atoms with Crippen molar-refractivity contribution in [2.75, 3.05) is 5.43 Å². The fourth-order valence-electron chi connectivity index (χ4n) is 2.64. The Hall–Kier alpha value is -1.62. The average molecular weight is 245 g/mol. The number of pyridine rings is 1. The number of fused-ring (bicyclic) bond motifs is 1. The first-order valence-electron chi connectivity index (χ1n) is 6.60. The van der Waals surface area contributed by atoms with Gasteiger partial charge in [-0.1, -0.05) is 12.5 Å². The van der Waals surface area contributed by atoms with Crippen molar-refractivity contribution >= 4 is 11.6 Å². The molecule has 18 heavy (non-hydrogen) atoms. The molecule has 2 aromatic heterocycles. The SMILES string of the molecule is CC1CCCC(C)N1Nc1nc2ccccn2n1. The highest BCUT2D eigenvalue weighted by Gasteiger charge is 2.25. The van der Waals surface area contributed by atoms with Crippen LogP contribution in [0.5, 0.6) is 0 Å². The largest absolute Gasteiger partial charge is 0.285 e. The quantitative estimate of drug-likeness (QED) is 0.882. The minimum Gasteiger partial charge on any atom is -0.285 e. The van der Waals surface area contributed by atoms with Crippen LogP contribution >= 0.6 is 0 Å². The highest BCUT2D eigenvalue weighted by Crippen LogP contribution is 2.22. The molecule has 0 bridgehead atoms. The van der Waals surface area contributed by atoms with Gasteiger partial charge in [0.2, 0.25) is 0 Å². The van der Waals surface area contributed by atoms with Crippen molar-refractivity contribution in [3.05, 3.63) is 24.4 Å². The van der Waals surface area contributed by atoms with Gasteiger partial charge in [-0.15, -0.1) is 5.10 Å². The fourth-order valence-corrected chi connectivity index (χ4v) is 2.64. The maximum absolute atomic E-state index is 4.47. The molecule has 5 nitrogen and oxygen atoms in total. The molecule has 0 radical (unpaired) electrons. The number of aromatic nitrogens is 3. The van der Waals surface area contributed by atoms with E-state index >= 15 is 0 Å². The molecule has 5 heteroatoms. The Morgan fingerprint density at radius 2 is 2.00 bits per heavy atom. The minimum atomic E-state index is 0.528. The summed E-state index contributed by atoms with van der Waals surface area (Å²) in [5.74, 6) is 0.682. The van der Waals surface area contributed by atoms with E-state index < -0.39 is 0 Å². The second-order valence-corrected chi connectivity index (χ2v) is 5.09. The molecule has 1 fully saturated rings. The van der Waals surface area contributed by atoms with Crippen LogP contribution in [0.1, 0.15) is 33.1 Å². The predicted octanol–water partition coefficient (Wildman–Crippen LogP) is 2.32. The number of hydrogen-bond acceptors (Lipinski definition) is 4. The van der Waals surface area contributed by atoms with E-state index in [4.69, 9.17) is 0 Å². The van der Waals surface area contributed by atoms with Crippen LogP contribution in [0.15, 0.2) is 24.4 Å². The van der Waals surface area contributed by atoms with Gasteiger partial charge in [-0.2, -0.15) is 4.98 Å². The van der Waals surface area contributed by atoms with Crippen molar-refractivity contribution in [1.29, 1.82) is 0 Å². The maximum atomic E-state index is 4.47. The summed E-state index contributed by atoms with van der Waals surface area (Å²) < 4.78 is 1.79. The van der Waals surface area contributed by atoms with Crippen LogP contribution in [-0.2, 0) is 0 Å². The molecule has 0 aliphatic carbocycles. The topological polar surface area (TPSA) is 45.5 Å². The van der Waals surface area contributed by atoms with Gasteiger partial charge in [0.05, 0.1) is 0 Å². The fraction of sp³-hybridized carbons (Fsp3) is 0.538. The first-order chi connectivity index (χ1) is 8.74. The summed E-state index contributed by atoms with van der Waals surface area (Å²) in [5.41, 5.74) is 4.23. The molecule has 1 saturated heterocycles. The number of nitrogens with zero attached hydrogens (tertiary/aromatic N) is 4. The average Bonchev–Trinajstić information content (AvgIpc) is 2.76. The molecule has 96 valence electrons. The summed E-state index contributed by atoms with van der Waals surface area (Å²) in [6.45, 7) is 4.50. The molecular formula is C13H19N5. The third-order valence-corrected chi connectivity index (χ3v) is 3.66. The predicted molar refractivity (Wildman–Crippen MR) is 71.2 cm³/mol. The molecule has 1 aliphatic rings. The number of hydrogen-bond donors (Lipinski definition) is 1. The van der Waals surface area contributed by atoms with Gasteiger partial charge >= 0.3 is 0 Å². The van der Waals surface area contributed by atoms with E-state index in [1.54, 1.807) is 4.52 Å². The van der Waals surface area contributed by atoms with Gasteiger partial charge < -0.3 is 0 Å². The zero-order valence-electron chi connectivity index (χ0n) is 10.9. The molecule has 0 aromatic carbocycles. The molecular weight excluding hydrogens is 226 g/mol. The summed E-state index contributed by atoms with van der Waals surface area (Å²) in [6.07, 6.45) is 5.67. The smallest absolute Gasteiger partial charge is 0.257 e. The van der Waals surface area contributed by atoms with Gasteiger partial charge in [-0.3, -0.25) is 5.43 Å². The van der Waals surface area contributed by atoms with Crippen LogP contribution in [0.4, 0.5) is 5.95 Å². The standard InChI is InChI=1S/C13H19N5/c1-10-6-5-7-11(2)18(10)16-13-14-12-8-3-4-9-17(12)15-13/h3-4,8-11H,5-7H2,1-2H3,(H,15,16). The molecule has 3 rings (SSSR count). The Morgan fingerprint density at radius 3 is 2.72 bits per heavy atom. The Bertz CT molecular complexity index is 492. The second-order valence-electron chi connectivity index (χ2n) is 5.09. The summed E-state index contributed by atoms with van der Waals surface area (Å²) in [6, 6.07) is 6.94. The third kappa shape index (κ3) is 2.06. The highest BCUT2D eigenvalue weighted by molar-refractivity contribution is 5.42. The molecule has 1 N–H and O–H groups in total. The summed E-state index contributed by atoms with van der Waals surface area (Å²) >= 11 is 0. The van der Waals surface area contributed by atoms with Gasteiger partial charge in [0.15, 0.2) is 5.65 Å². The van der Waals surface area contributed by atoms with E-state index in [0.717, 1.165) is 5.65 Å². The van der Waals surface area contributed by atoms with Crippen molar-refractivity contribution in [1.82, 2.24) is 19.6 Å². The molecule has 2 unspecified atom stereocenters. The first kappa shape index (κ1) is 11.5. The lowest BCUT2D eigenvalue weighted by atomic mass is 10.00. The number of anilines is 1. The Kier molecular flexibility index (Phi) is 2.91. The first-order valence-corrected chi connectivity index (χ1v) is 6.60. The summed E-state index contributed by atoms with van der Waals surface area (Å²) in [7, 11) is 0. The lowest BCUT2D eigenvalue weighted by molar-refractivity contribution is 0.134. The van der Waals surface area contributed by atoms with E-state index in [1.807, 2.05) is 24.4 Å². The van der Waals surface area contributed by atoms with Crippen LogP contribution in [-0.4, -0.2) is 31.7 Å². The van der Waals surface area contributed by atoms with Gasteiger partial charge in [0.1, 0.15) is 0 Å². The molecule has 3 heterocycles. The van der Waals surface area contributed by atoms with Crippen LogP contribution < -0.4 is 5.43 Å². The zero-order valence-corrected chi connectivity index (χ0v) is 10.9. The molecule has 0 spiro atoms. The van der Waals surface area contributed by atoms with Gasteiger partial charge in [-0.25, -0.2) is 9.52 Å². The van der Waals surface area contributed by atoms with E-state index in [2.05, 4.69) is 34.4 Å². The molecule has 2 atom stereocenters. The molecule has 0 saturated carbocycles. The Labute approximate surface area is 107 Å². The molecule has 1 aliphatic heterocycles. The van der Waals surface area contributed by atoms with Crippen LogP contribution in [0.3, 0.4) is 0 Å². The monoisotopic (exact) mass is 245 g/mol. The van der Waals surface area contributed by atoms with Crippen molar-refractivity contribution in [3.63, 3.8) is 0 Å². The number of hydrazine groups is 1. The number of nitrogens with one attached hydrogen (secondary N) is 1. The van der Waals surface area contributed by atoms with Gasteiger partial charge in [0.25, 0.3) is 5.95 Å². The second kappa shape index (κ2) is 4.57. The van der Waals surface area contributed by atoms with Crippen LogP contribution in [0.25, 0.3) is 5.65 Å². The van der Waals surface area contributed by atoms with Crippen molar-refractivity contribution in [2.45, 2.75) is 45.2 Å². The summed E-state index contributed by atoms with van der Waals surface area (Å²) in [5, 5.41) is 6.70. The van der Waals surface area contributed by atoms with E-state index in [1.165, 1.54) is 19.3 Å². The highest BCUT2D eigenvalue weighted by atomic mass is 15.6. The Balaban J connectivity index is 1.82. The van der Waals surface area contributed by atoms with E-state index in [0.29, 0.717) is 18.0 Å². The third-order valence-electron chi connectivity index (χ3n) is 3.66. The van der Waals surface area contributed by atoms with Crippen molar-refractivity contribution in [2.24, 2.45) is 0 Å². The molecule has 2 aromatic rings. The van der Waals surface area contributed by atoms with Crippen LogP contribution in [0, 0.1) is 0 Å². The van der Waals surface area contributed by atoms with E-state index in [9.17, 15) is 0 Å². The maximum Gasteiger partial charge on any atom is 0.257 e. The van der Waals surface area contributed by atoms with Crippen LogP contribution in [0.2, 0.25) is 0 Å². The van der Waals surface area contributed by atoms with Gasteiger partial charge in [-0.05, 0) is 38.8 Å². The number of piperidine rings is 1. The van der Waals surface area contributed by atoms with Crippen molar-refractivity contribution < 1.29 is 0 Å². The molecule has 0 amide bonds. The zero-order chi connectivity index (χ0) is 12.5. The summed E-state index contributed by atoms with van der Waals surface area (Å²) in [4.78, 5) is 4.47. The lowest BCUT2D eigenvalue weighted by Crippen LogP contribution is -2.47. The lowest BCUT2D eigenvalue weighted by Gasteiger charge is -2.38. The number of rotatable bonds is 2.